The molecule has 0 saturated carbocycles. The van der Waals surface area contributed by atoms with Crippen LogP contribution < -0.4 is 5.73 Å². The second-order valence-corrected chi connectivity index (χ2v) is 8.24. The number of hydrogen-bond donors (Lipinski definition) is 2. The van der Waals surface area contributed by atoms with Crippen molar-refractivity contribution in [1.29, 1.82) is 0 Å². The van der Waals surface area contributed by atoms with Gasteiger partial charge in [0.1, 0.15) is 27.7 Å². The lowest BCUT2D eigenvalue weighted by Gasteiger charge is -2.37. The van der Waals surface area contributed by atoms with E-state index in [4.69, 9.17) is 5.73 Å². The van der Waals surface area contributed by atoms with Gasteiger partial charge in [-0.3, -0.25) is 4.99 Å². The molecule has 1 aliphatic heterocycles. The molecule has 1 atom stereocenters. The van der Waals surface area contributed by atoms with Crippen LogP contribution in [0.1, 0.15) is 26.3 Å². The van der Waals surface area contributed by atoms with Crippen molar-refractivity contribution in [2.75, 3.05) is 5.75 Å². The first kappa shape index (κ1) is 14.8. The summed E-state index contributed by atoms with van der Waals surface area (Å²) < 4.78 is 37.4. The minimum absolute atomic E-state index is 0.0134. The number of sulfone groups is 1. The molecule has 1 aromatic rings. The van der Waals surface area contributed by atoms with Crippen molar-refractivity contribution < 1.29 is 17.9 Å². The number of hydrogen-bond acceptors (Lipinski definition) is 5. The summed E-state index contributed by atoms with van der Waals surface area (Å²) >= 11 is 0. The highest BCUT2D eigenvalue weighted by molar-refractivity contribution is 7.93. The first-order valence-electron chi connectivity index (χ1n) is 6.07. The maximum absolute atomic E-state index is 14.0. The summed E-state index contributed by atoms with van der Waals surface area (Å²) in [5, 5.41) is 9.49. The van der Waals surface area contributed by atoms with Crippen LogP contribution >= 0.6 is 0 Å². The van der Waals surface area contributed by atoms with Gasteiger partial charge in [-0.15, -0.1) is 0 Å². The van der Waals surface area contributed by atoms with Gasteiger partial charge < -0.3 is 10.8 Å². The van der Waals surface area contributed by atoms with Crippen LogP contribution in [0.3, 0.4) is 0 Å². The van der Waals surface area contributed by atoms with Crippen LogP contribution in [-0.4, -0.2) is 29.9 Å². The van der Waals surface area contributed by atoms with Crippen molar-refractivity contribution in [2.45, 2.75) is 31.1 Å². The lowest BCUT2D eigenvalue weighted by atomic mass is 9.93. The van der Waals surface area contributed by atoms with E-state index in [9.17, 15) is 17.9 Å². The van der Waals surface area contributed by atoms with E-state index in [1.54, 1.807) is 0 Å². The molecule has 1 aromatic carbocycles. The molecule has 3 N–H and O–H groups in total. The highest BCUT2D eigenvalue weighted by Crippen LogP contribution is 2.38. The van der Waals surface area contributed by atoms with E-state index < -0.39 is 25.9 Å². The number of rotatable bonds is 1. The van der Waals surface area contributed by atoms with Gasteiger partial charge in [0.05, 0.1) is 5.75 Å². The molecule has 2 rings (SSSR count). The number of phenolic OH excluding ortho intramolecular Hbond substituents is 1. The molecule has 0 unspecified atom stereocenters. The van der Waals surface area contributed by atoms with Crippen LogP contribution in [0.5, 0.6) is 5.75 Å². The third kappa shape index (κ3) is 2.06. The van der Waals surface area contributed by atoms with Crippen LogP contribution in [0.4, 0.5) is 4.39 Å². The van der Waals surface area contributed by atoms with Gasteiger partial charge in [-0.1, -0.05) is 0 Å². The largest absolute Gasteiger partial charge is 0.508 e. The van der Waals surface area contributed by atoms with Crippen LogP contribution in [0.15, 0.2) is 23.2 Å². The number of amidine groups is 1. The standard InChI is InChI=1S/C13H17FN2O3S/c1-12(2)11(15)16-13(3,7-20(12,18)19)9-6-8(17)4-5-10(9)14/h4-6,17H,7H2,1-3H3,(H2,15,16)/t13-/m0/s1. The van der Waals surface area contributed by atoms with E-state index in [1.165, 1.54) is 32.9 Å². The first-order valence-corrected chi connectivity index (χ1v) is 7.72. The van der Waals surface area contributed by atoms with Gasteiger partial charge in [-0.25, -0.2) is 12.8 Å². The third-order valence-electron chi connectivity index (χ3n) is 3.76. The van der Waals surface area contributed by atoms with Gasteiger partial charge in [0.25, 0.3) is 0 Å². The number of aliphatic imine (C=N–C) groups is 1. The van der Waals surface area contributed by atoms with Crippen molar-refractivity contribution in [2.24, 2.45) is 10.7 Å². The van der Waals surface area contributed by atoms with Gasteiger partial charge >= 0.3 is 0 Å². The summed E-state index contributed by atoms with van der Waals surface area (Å²) in [6, 6.07) is 3.45. The molecule has 0 aromatic heterocycles. The third-order valence-corrected chi connectivity index (χ3v) is 6.47. The molecular weight excluding hydrogens is 283 g/mol. The fourth-order valence-corrected chi connectivity index (χ4v) is 3.89. The Bertz CT molecular complexity index is 698. The second-order valence-electron chi connectivity index (χ2n) is 5.70. The predicted molar refractivity (Wildman–Crippen MR) is 74.9 cm³/mol. The van der Waals surface area contributed by atoms with Crippen molar-refractivity contribution in [3.8, 4) is 5.75 Å². The van der Waals surface area contributed by atoms with Crippen molar-refractivity contribution in [1.82, 2.24) is 0 Å². The fourth-order valence-electron chi connectivity index (χ4n) is 2.21. The van der Waals surface area contributed by atoms with Gasteiger partial charge in [0.2, 0.25) is 0 Å². The average Bonchev–Trinajstić information content (AvgIpc) is 2.29. The maximum Gasteiger partial charge on any atom is 0.165 e. The van der Waals surface area contributed by atoms with Crippen molar-refractivity contribution in [3.63, 3.8) is 0 Å². The van der Waals surface area contributed by atoms with E-state index in [0.29, 0.717) is 0 Å². The molecule has 0 spiro atoms. The van der Waals surface area contributed by atoms with Crippen LogP contribution in [0.2, 0.25) is 0 Å². The molecule has 0 aliphatic carbocycles. The zero-order chi connectivity index (χ0) is 15.3. The van der Waals surface area contributed by atoms with E-state index in [2.05, 4.69) is 4.99 Å². The molecule has 0 radical (unpaired) electrons. The smallest absolute Gasteiger partial charge is 0.165 e. The zero-order valence-corrected chi connectivity index (χ0v) is 12.3. The average molecular weight is 300 g/mol. The topological polar surface area (TPSA) is 92.8 Å². The van der Waals surface area contributed by atoms with E-state index >= 15 is 0 Å². The number of nitrogens with zero attached hydrogens (tertiary/aromatic N) is 1. The molecule has 20 heavy (non-hydrogen) atoms. The first-order chi connectivity index (χ1) is 8.99. The minimum atomic E-state index is -3.60. The quantitative estimate of drug-likeness (QED) is 0.818. The maximum atomic E-state index is 14.0. The Morgan fingerprint density at radius 2 is 1.95 bits per heavy atom. The van der Waals surface area contributed by atoms with E-state index in [-0.39, 0.29) is 22.9 Å². The Balaban J connectivity index is 2.69. The summed E-state index contributed by atoms with van der Waals surface area (Å²) in [7, 11) is -3.60. The normalized spacial score (nSPS) is 27.9. The number of aromatic hydroxyl groups is 1. The lowest BCUT2D eigenvalue weighted by Crippen LogP contribution is -2.54. The minimum Gasteiger partial charge on any atom is -0.508 e. The summed E-state index contributed by atoms with van der Waals surface area (Å²) in [6.07, 6.45) is 0. The molecule has 7 heteroatoms. The molecule has 110 valence electrons. The van der Waals surface area contributed by atoms with Gasteiger partial charge in [-0.2, -0.15) is 0 Å². The highest BCUT2D eigenvalue weighted by atomic mass is 32.2. The Morgan fingerprint density at radius 3 is 2.50 bits per heavy atom. The molecule has 0 fully saturated rings. The van der Waals surface area contributed by atoms with Crippen LogP contribution in [-0.2, 0) is 15.4 Å². The summed E-state index contributed by atoms with van der Waals surface area (Å²) in [5.41, 5.74) is 4.44. The Labute approximate surface area is 117 Å². The molecule has 0 saturated heterocycles. The molecule has 1 aliphatic rings. The second kappa shape index (κ2) is 4.18. The van der Waals surface area contributed by atoms with Gasteiger partial charge in [0.15, 0.2) is 9.84 Å². The summed E-state index contributed by atoms with van der Waals surface area (Å²) in [6.45, 7) is 4.43. The SMILES string of the molecule is CC1(C)C(N)=N[C@](C)(c2cc(O)ccc2F)CS1(=O)=O. The van der Waals surface area contributed by atoms with Crippen LogP contribution in [0, 0.1) is 5.82 Å². The number of phenols is 1. The lowest BCUT2D eigenvalue weighted by molar-refractivity contribution is 0.451. The van der Waals surface area contributed by atoms with Crippen molar-refractivity contribution in [3.05, 3.63) is 29.6 Å². The van der Waals surface area contributed by atoms with Crippen molar-refractivity contribution >= 4 is 15.7 Å². The van der Waals surface area contributed by atoms with Crippen LogP contribution in [0.25, 0.3) is 0 Å². The van der Waals surface area contributed by atoms with Gasteiger partial charge in [-0.05, 0) is 39.0 Å². The highest BCUT2D eigenvalue weighted by Gasteiger charge is 2.49. The molecule has 5 nitrogen and oxygen atoms in total. The zero-order valence-electron chi connectivity index (χ0n) is 11.5. The summed E-state index contributed by atoms with van der Waals surface area (Å²) in [4.78, 5) is 4.20. The predicted octanol–water partition coefficient (Wildman–Crippen LogP) is 1.31. The Morgan fingerprint density at radius 1 is 1.35 bits per heavy atom. The molecule has 1 heterocycles. The monoisotopic (exact) mass is 300 g/mol. The Hall–Kier alpha value is -1.63. The van der Waals surface area contributed by atoms with Gasteiger partial charge in [0, 0.05) is 5.56 Å². The van der Waals surface area contributed by atoms with E-state index in [1.807, 2.05) is 0 Å². The molecule has 0 amide bonds. The molecule has 0 bridgehead atoms. The Kier molecular flexibility index (Phi) is 3.09. The summed E-state index contributed by atoms with van der Waals surface area (Å²) in [5.74, 6) is -1.21. The fraction of sp³-hybridized carbons (Fsp3) is 0.462. The number of nitrogens with two attached hydrogens (primary N) is 1. The number of benzene rings is 1. The van der Waals surface area contributed by atoms with E-state index in [0.717, 1.165) is 6.07 Å². The number of halogens is 1. The molecular formula is C13H17FN2O3S.